The Morgan fingerprint density at radius 2 is 1.96 bits per heavy atom. The molecular weight excluding hydrogens is 387 g/mol. The molecule has 6 nitrogen and oxygen atoms in total. The largest absolute Gasteiger partial charge is 0.487 e. The second kappa shape index (κ2) is 6.20. The monoisotopic (exact) mass is 406 g/mol. The van der Waals surface area contributed by atoms with Crippen molar-refractivity contribution in [1.82, 2.24) is 0 Å². The van der Waals surface area contributed by atoms with E-state index in [9.17, 15) is 22.7 Å². The summed E-state index contributed by atoms with van der Waals surface area (Å²) in [4.78, 5) is 11.1. The third-order valence-corrected chi connectivity index (χ3v) is 7.10. The maximum Gasteiger partial charge on any atom is 0.335 e. The lowest BCUT2D eigenvalue weighted by Gasteiger charge is -2.16. The minimum absolute atomic E-state index is 0.0140. The van der Waals surface area contributed by atoms with Crippen LogP contribution in [0.4, 0.5) is 4.39 Å². The smallest absolute Gasteiger partial charge is 0.335 e. The van der Waals surface area contributed by atoms with Crippen LogP contribution in [0.3, 0.4) is 0 Å². The lowest BCUT2D eigenvalue weighted by molar-refractivity contribution is 0.0695. The van der Waals surface area contributed by atoms with Crippen LogP contribution < -0.4 is 9.47 Å². The summed E-state index contributed by atoms with van der Waals surface area (Å²) in [6.07, 6.45) is 1.59. The van der Waals surface area contributed by atoms with Crippen LogP contribution in [0.2, 0.25) is 0 Å². The highest BCUT2D eigenvalue weighted by Crippen LogP contribution is 2.43. The van der Waals surface area contributed by atoms with Crippen molar-refractivity contribution < 1.29 is 32.2 Å². The van der Waals surface area contributed by atoms with Gasteiger partial charge in [0.15, 0.2) is 9.84 Å². The number of carboxylic acids is 1. The number of benzene rings is 2. The van der Waals surface area contributed by atoms with Crippen LogP contribution in [-0.4, -0.2) is 30.3 Å². The first-order valence-corrected chi connectivity index (χ1v) is 10.4. The number of aromatic carboxylic acids is 1. The molecule has 1 saturated carbocycles. The van der Waals surface area contributed by atoms with Gasteiger partial charge in [-0.1, -0.05) is 0 Å². The van der Waals surface area contributed by atoms with E-state index in [-0.39, 0.29) is 22.0 Å². The van der Waals surface area contributed by atoms with Crippen LogP contribution in [0.25, 0.3) is 0 Å². The molecule has 1 heterocycles. The Morgan fingerprint density at radius 1 is 1.25 bits per heavy atom. The summed E-state index contributed by atoms with van der Waals surface area (Å²) in [5, 5.41) is 8.82. The van der Waals surface area contributed by atoms with Gasteiger partial charge in [0.05, 0.1) is 10.8 Å². The number of hydrogen-bond acceptors (Lipinski definition) is 5. The molecule has 8 heteroatoms. The zero-order valence-corrected chi connectivity index (χ0v) is 16.2. The van der Waals surface area contributed by atoms with Gasteiger partial charge in [0, 0.05) is 18.1 Å². The van der Waals surface area contributed by atoms with Gasteiger partial charge in [-0.3, -0.25) is 0 Å². The number of hydrogen-bond donors (Lipinski definition) is 1. The number of carboxylic acid groups (broad SMARTS) is 1. The summed E-state index contributed by atoms with van der Waals surface area (Å²) in [6, 6.07) is 6.37. The van der Waals surface area contributed by atoms with Gasteiger partial charge in [0.1, 0.15) is 33.6 Å². The van der Waals surface area contributed by atoms with Gasteiger partial charge in [0.2, 0.25) is 0 Å². The quantitative estimate of drug-likeness (QED) is 0.808. The van der Waals surface area contributed by atoms with Crippen molar-refractivity contribution in [3.8, 4) is 17.2 Å². The van der Waals surface area contributed by atoms with Crippen LogP contribution in [0.5, 0.6) is 17.2 Å². The molecule has 2 aromatic rings. The Kier molecular flexibility index (Phi) is 4.15. The van der Waals surface area contributed by atoms with Gasteiger partial charge >= 0.3 is 5.97 Å². The predicted molar refractivity (Wildman–Crippen MR) is 98.5 cm³/mol. The van der Waals surface area contributed by atoms with E-state index in [1.54, 1.807) is 0 Å². The van der Waals surface area contributed by atoms with E-state index in [0.717, 1.165) is 6.07 Å². The first-order chi connectivity index (χ1) is 13.1. The molecule has 0 aromatic heterocycles. The molecule has 148 valence electrons. The van der Waals surface area contributed by atoms with E-state index < -0.39 is 32.5 Å². The van der Waals surface area contributed by atoms with Gasteiger partial charge in [0.25, 0.3) is 0 Å². The van der Waals surface area contributed by atoms with Crippen molar-refractivity contribution in [2.24, 2.45) is 0 Å². The standard InChI is InChI=1S/C20H19FO6S/c1-20(2)10-14-16(7-11(19(22)23)8-17(14)27-20)26-12-3-6-18(15(21)9-12)28(24,25)13-4-5-13/h3,6-9,13H,4-5,10H2,1-2H3,(H,22,23). The maximum atomic E-state index is 14.5. The number of ether oxygens (including phenoxy) is 2. The van der Waals surface area contributed by atoms with E-state index in [2.05, 4.69) is 0 Å². The fraction of sp³-hybridized carbons (Fsp3) is 0.350. The Balaban J connectivity index is 1.70. The molecule has 4 rings (SSSR count). The van der Waals surface area contributed by atoms with Crippen molar-refractivity contribution in [2.75, 3.05) is 0 Å². The van der Waals surface area contributed by atoms with E-state index in [0.29, 0.717) is 30.6 Å². The molecule has 1 N–H and O–H groups in total. The van der Waals surface area contributed by atoms with Gasteiger partial charge in [-0.15, -0.1) is 0 Å². The molecule has 0 spiro atoms. The lowest BCUT2D eigenvalue weighted by atomic mass is 10.00. The average molecular weight is 406 g/mol. The number of halogens is 1. The Morgan fingerprint density at radius 3 is 2.57 bits per heavy atom. The third-order valence-electron chi connectivity index (χ3n) is 4.80. The summed E-state index contributed by atoms with van der Waals surface area (Å²) in [6.45, 7) is 3.74. The van der Waals surface area contributed by atoms with Crippen LogP contribution in [0.1, 0.15) is 42.6 Å². The molecular formula is C20H19FO6S. The second-order valence-corrected chi connectivity index (χ2v) is 9.93. The Labute approximate surface area is 161 Å². The molecule has 2 aliphatic rings. The van der Waals surface area contributed by atoms with Crippen LogP contribution in [0.15, 0.2) is 35.2 Å². The molecule has 0 radical (unpaired) electrons. The van der Waals surface area contributed by atoms with Gasteiger partial charge in [-0.25, -0.2) is 17.6 Å². The zero-order valence-electron chi connectivity index (χ0n) is 15.4. The van der Waals surface area contributed by atoms with E-state index >= 15 is 0 Å². The van der Waals surface area contributed by atoms with Crippen molar-refractivity contribution >= 4 is 15.8 Å². The van der Waals surface area contributed by atoms with Gasteiger partial charge in [-0.2, -0.15) is 0 Å². The molecule has 1 fully saturated rings. The van der Waals surface area contributed by atoms with Crippen LogP contribution in [-0.2, 0) is 16.3 Å². The zero-order chi connectivity index (χ0) is 20.3. The lowest BCUT2D eigenvalue weighted by Crippen LogP contribution is -2.24. The normalized spacial score (nSPS) is 17.7. The number of sulfone groups is 1. The highest BCUT2D eigenvalue weighted by Gasteiger charge is 2.38. The first kappa shape index (κ1) is 18.7. The highest BCUT2D eigenvalue weighted by molar-refractivity contribution is 7.92. The van der Waals surface area contributed by atoms with E-state index in [1.807, 2.05) is 13.8 Å². The number of fused-ring (bicyclic) bond motifs is 1. The average Bonchev–Trinajstić information content (AvgIpc) is 3.38. The summed E-state index contributed by atoms with van der Waals surface area (Å²) >= 11 is 0. The molecule has 28 heavy (non-hydrogen) atoms. The molecule has 2 aromatic carbocycles. The van der Waals surface area contributed by atoms with E-state index in [1.165, 1.54) is 24.3 Å². The minimum atomic E-state index is -3.66. The first-order valence-electron chi connectivity index (χ1n) is 8.87. The third kappa shape index (κ3) is 3.32. The van der Waals surface area contributed by atoms with Crippen LogP contribution >= 0.6 is 0 Å². The van der Waals surface area contributed by atoms with Crippen molar-refractivity contribution in [3.63, 3.8) is 0 Å². The number of carbonyl (C=O) groups is 1. The second-order valence-electron chi connectivity index (χ2n) is 7.73. The molecule has 0 bridgehead atoms. The highest BCUT2D eigenvalue weighted by atomic mass is 32.2. The molecule has 0 saturated heterocycles. The summed E-state index contributed by atoms with van der Waals surface area (Å²) in [5.41, 5.74) is 0.148. The summed E-state index contributed by atoms with van der Waals surface area (Å²) in [5.74, 6) is -1.28. The number of rotatable bonds is 5. The summed E-state index contributed by atoms with van der Waals surface area (Å²) < 4.78 is 50.5. The Bertz CT molecular complexity index is 1090. The minimum Gasteiger partial charge on any atom is -0.487 e. The van der Waals surface area contributed by atoms with Crippen molar-refractivity contribution in [1.29, 1.82) is 0 Å². The molecule has 0 amide bonds. The molecule has 1 aliphatic carbocycles. The fourth-order valence-corrected chi connectivity index (χ4v) is 5.02. The van der Waals surface area contributed by atoms with Gasteiger partial charge in [-0.05, 0) is 51.0 Å². The maximum absolute atomic E-state index is 14.5. The van der Waals surface area contributed by atoms with Crippen molar-refractivity contribution in [3.05, 3.63) is 47.3 Å². The van der Waals surface area contributed by atoms with Crippen LogP contribution in [0, 0.1) is 5.82 Å². The van der Waals surface area contributed by atoms with Crippen molar-refractivity contribution in [2.45, 2.75) is 48.9 Å². The topological polar surface area (TPSA) is 89.9 Å². The molecule has 0 atom stereocenters. The van der Waals surface area contributed by atoms with Gasteiger partial charge < -0.3 is 14.6 Å². The SMILES string of the molecule is CC1(C)Cc2c(Oc3ccc(S(=O)(=O)C4CC4)c(F)c3)cc(C(=O)O)cc2O1. The molecule has 0 unspecified atom stereocenters. The fourth-order valence-electron chi connectivity index (χ4n) is 3.32. The predicted octanol–water partition coefficient (Wildman–Crippen LogP) is 3.97. The van der Waals surface area contributed by atoms with E-state index in [4.69, 9.17) is 9.47 Å². The summed E-state index contributed by atoms with van der Waals surface area (Å²) in [7, 11) is -3.66. The molecule has 1 aliphatic heterocycles. The Hall–Kier alpha value is -2.61.